The number of halogens is 3. The van der Waals surface area contributed by atoms with E-state index >= 15 is 0 Å². The van der Waals surface area contributed by atoms with Gasteiger partial charge in [0.25, 0.3) is 0 Å². The van der Waals surface area contributed by atoms with Crippen molar-refractivity contribution >= 4 is 46.7 Å². The number of aromatic amines is 1. The maximum absolute atomic E-state index is 6.28. The van der Waals surface area contributed by atoms with Crippen LogP contribution in [0, 0.1) is 0 Å². The van der Waals surface area contributed by atoms with Crippen molar-refractivity contribution in [3.05, 3.63) is 57.0 Å². The lowest BCUT2D eigenvalue weighted by atomic mass is 10.2. The number of aromatic nitrogens is 3. The van der Waals surface area contributed by atoms with Gasteiger partial charge in [-0.1, -0.05) is 40.9 Å². The molecule has 0 fully saturated rings. The molecule has 0 aliphatic rings. The van der Waals surface area contributed by atoms with E-state index in [4.69, 9.17) is 45.3 Å². The number of H-pyrrole nitrogens is 1. The lowest BCUT2D eigenvalue weighted by Crippen LogP contribution is -2.04. The van der Waals surface area contributed by atoms with Crippen LogP contribution < -0.4 is 15.8 Å². The van der Waals surface area contributed by atoms with E-state index in [1.165, 1.54) is 0 Å². The highest BCUT2D eigenvalue weighted by Gasteiger charge is 2.12. The van der Waals surface area contributed by atoms with Crippen LogP contribution in [0.1, 0.15) is 5.56 Å². The summed E-state index contributed by atoms with van der Waals surface area (Å²) in [5, 5.41) is 10.9. The number of nitrogens with zero attached hydrogens (tertiary/aromatic N) is 2. The van der Waals surface area contributed by atoms with Gasteiger partial charge in [0.1, 0.15) is 11.5 Å². The van der Waals surface area contributed by atoms with Gasteiger partial charge in [0, 0.05) is 22.2 Å². The first kappa shape index (κ1) is 16.7. The fourth-order valence-electron chi connectivity index (χ4n) is 2.00. The number of rotatable bonds is 5. The fourth-order valence-corrected chi connectivity index (χ4v) is 2.68. The SMILES string of the molecule is Nc1nc(NCc2c(Cl)cccc2Oc2ccc(Cl)cc2Cl)n[nH]1. The van der Waals surface area contributed by atoms with Crippen molar-refractivity contribution in [1.82, 2.24) is 15.2 Å². The van der Waals surface area contributed by atoms with E-state index in [0.29, 0.717) is 39.1 Å². The number of benzene rings is 2. The van der Waals surface area contributed by atoms with Crippen molar-refractivity contribution < 1.29 is 4.74 Å². The molecule has 0 unspecified atom stereocenters. The second kappa shape index (κ2) is 7.17. The van der Waals surface area contributed by atoms with Gasteiger partial charge in [-0.25, -0.2) is 5.10 Å². The molecule has 6 nitrogen and oxygen atoms in total. The molecule has 4 N–H and O–H groups in total. The molecule has 1 heterocycles. The van der Waals surface area contributed by atoms with Crippen molar-refractivity contribution in [3.8, 4) is 11.5 Å². The van der Waals surface area contributed by atoms with E-state index in [1.807, 2.05) is 0 Å². The van der Waals surface area contributed by atoms with Crippen molar-refractivity contribution in [3.63, 3.8) is 0 Å². The minimum absolute atomic E-state index is 0.223. The van der Waals surface area contributed by atoms with E-state index in [2.05, 4.69) is 20.5 Å². The first-order chi connectivity index (χ1) is 11.5. The maximum Gasteiger partial charge on any atom is 0.243 e. The molecule has 0 aliphatic heterocycles. The van der Waals surface area contributed by atoms with Crippen LogP contribution in [-0.4, -0.2) is 15.2 Å². The standard InChI is InChI=1S/C15H12Cl3N5O/c16-8-4-5-13(11(18)6-8)24-12-3-1-2-10(17)9(12)7-20-15-21-14(19)22-23-15/h1-6H,7H2,(H4,19,20,21,22,23). The number of nitrogens with two attached hydrogens (primary N) is 1. The van der Waals surface area contributed by atoms with Crippen LogP contribution in [0.5, 0.6) is 11.5 Å². The number of hydrogen-bond donors (Lipinski definition) is 3. The van der Waals surface area contributed by atoms with Gasteiger partial charge in [0.2, 0.25) is 11.9 Å². The molecular weight excluding hydrogens is 373 g/mol. The van der Waals surface area contributed by atoms with Gasteiger partial charge in [-0.05, 0) is 30.3 Å². The lowest BCUT2D eigenvalue weighted by Gasteiger charge is -2.14. The molecule has 0 radical (unpaired) electrons. The van der Waals surface area contributed by atoms with Crippen molar-refractivity contribution in [1.29, 1.82) is 0 Å². The smallest absolute Gasteiger partial charge is 0.243 e. The molecular formula is C15H12Cl3N5O. The minimum atomic E-state index is 0.223. The molecule has 24 heavy (non-hydrogen) atoms. The summed E-state index contributed by atoms with van der Waals surface area (Å²) < 4.78 is 5.88. The van der Waals surface area contributed by atoms with E-state index in [1.54, 1.807) is 36.4 Å². The monoisotopic (exact) mass is 383 g/mol. The molecule has 1 aromatic heterocycles. The van der Waals surface area contributed by atoms with Gasteiger partial charge >= 0.3 is 0 Å². The second-order valence-corrected chi connectivity index (χ2v) is 6.04. The Labute approximate surface area is 152 Å². The summed E-state index contributed by atoms with van der Waals surface area (Å²) in [6, 6.07) is 10.3. The largest absolute Gasteiger partial charge is 0.455 e. The lowest BCUT2D eigenvalue weighted by molar-refractivity contribution is 0.477. The molecule has 0 spiro atoms. The van der Waals surface area contributed by atoms with Crippen LogP contribution in [0.3, 0.4) is 0 Å². The summed E-state index contributed by atoms with van der Waals surface area (Å²) in [4.78, 5) is 3.97. The maximum atomic E-state index is 6.28. The Balaban J connectivity index is 1.84. The molecule has 0 aliphatic carbocycles. The third-order valence-corrected chi connectivity index (χ3v) is 4.00. The zero-order valence-corrected chi connectivity index (χ0v) is 14.5. The summed E-state index contributed by atoms with van der Waals surface area (Å²) in [5.74, 6) is 1.62. The molecule has 0 atom stereocenters. The highest BCUT2D eigenvalue weighted by Crippen LogP contribution is 2.35. The molecule has 0 amide bonds. The Morgan fingerprint density at radius 1 is 1.08 bits per heavy atom. The number of nitrogen functional groups attached to an aromatic ring is 1. The fraction of sp³-hybridized carbons (Fsp3) is 0.0667. The summed E-state index contributed by atoms with van der Waals surface area (Å²) in [5.41, 5.74) is 6.22. The molecule has 124 valence electrons. The van der Waals surface area contributed by atoms with Gasteiger partial charge in [-0.15, -0.1) is 5.10 Å². The zero-order chi connectivity index (χ0) is 17.1. The third-order valence-electron chi connectivity index (χ3n) is 3.12. The van der Waals surface area contributed by atoms with Crippen LogP contribution in [0.2, 0.25) is 15.1 Å². The molecule has 3 aromatic rings. The zero-order valence-electron chi connectivity index (χ0n) is 12.2. The summed E-state index contributed by atoms with van der Waals surface area (Å²) in [6.45, 7) is 0.345. The van der Waals surface area contributed by atoms with Gasteiger partial charge in [-0.2, -0.15) is 4.98 Å². The molecule has 3 rings (SSSR count). The Bertz CT molecular complexity index is 868. The van der Waals surface area contributed by atoms with Crippen LogP contribution in [0.25, 0.3) is 0 Å². The third kappa shape index (κ3) is 3.84. The molecule has 0 bridgehead atoms. The van der Waals surface area contributed by atoms with Crippen LogP contribution in [0.4, 0.5) is 11.9 Å². The van der Waals surface area contributed by atoms with Crippen molar-refractivity contribution in [2.45, 2.75) is 6.54 Å². The first-order valence-corrected chi connectivity index (χ1v) is 7.98. The van der Waals surface area contributed by atoms with Crippen LogP contribution >= 0.6 is 34.8 Å². The molecule has 2 aromatic carbocycles. The summed E-state index contributed by atoms with van der Waals surface area (Å²) >= 11 is 18.3. The molecule has 0 saturated carbocycles. The second-order valence-electron chi connectivity index (χ2n) is 4.79. The number of nitrogens with one attached hydrogen (secondary N) is 2. The molecule has 9 heteroatoms. The number of ether oxygens (including phenoxy) is 1. The van der Waals surface area contributed by atoms with Crippen LogP contribution in [0.15, 0.2) is 36.4 Å². The van der Waals surface area contributed by atoms with Gasteiger partial charge in [0.05, 0.1) is 5.02 Å². The van der Waals surface area contributed by atoms with E-state index in [0.717, 1.165) is 5.56 Å². The predicted octanol–water partition coefficient (Wildman–Crippen LogP) is 4.75. The highest BCUT2D eigenvalue weighted by molar-refractivity contribution is 6.35. The van der Waals surface area contributed by atoms with E-state index < -0.39 is 0 Å². The van der Waals surface area contributed by atoms with Gasteiger partial charge in [-0.3, -0.25) is 0 Å². The Hall–Kier alpha value is -2.15. The van der Waals surface area contributed by atoms with Crippen LogP contribution in [-0.2, 0) is 6.54 Å². The van der Waals surface area contributed by atoms with Crippen molar-refractivity contribution in [2.24, 2.45) is 0 Å². The minimum Gasteiger partial charge on any atom is -0.455 e. The van der Waals surface area contributed by atoms with E-state index in [-0.39, 0.29) is 5.95 Å². The topological polar surface area (TPSA) is 88.8 Å². The summed E-state index contributed by atoms with van der Waals surface area (Å²) in [7, 11) is 0. The van der Waals surface area contributed by atoms with Gasteiger partial charge < -0.3 is 15.8 Å². The number of anilines is 2. The first-order valence-electron chi connectivity index (χ1n) is 6.85. The Morgan fingerprint density at radius 3 is 2.62 bits per heavy atom. The van der Waals surface area contributed by atoms with Crippen molar-refractivity contribution in [2.75, 3.05) is 11.1 Å². The highest BCUT2D eigenvalue weighted by atomic mass is 35.5. The summed E-state index contributed by atoms with van der Waals surface area (Å²) in [6.07, 6.45) is 0. The quantitative estimate of drug-likeness (QED) is 0.590. The van der Waals surface area contributed by atoms with E-state index in [9.17, 15) is 0 Å². The number of hydrogen-bond acceptors (Lipinski definition) is 5. The average molecular weight is 385 g/mol. The average Bonchev–Trinajstić information content (AvgIpc) is 2.95. The molecule has 0 saturated heterocycles. The van der Waals surface area contributed by atoms with Gasteiger partial charge in [0.15, 0.2) is 0 Å². The Morgan fingerprint density at radius 2 is 1.92 bits per heavy atom. The normalized spacial score (nSPS) is 10.6. The predicted molar refractivity (Wildman–Crippen MR) is 96.1 cm³/mol. The Kier molecular flexibility index (Phi) is 4.99.